The van der Waals surface area contributed by atoms with Crippen molar-refractivity contribution in [2.24, 2.45) is 0 Å². The van der Waals surface area contributed by atoms with E-state index in [1.54, 1.807) is 53.9 Å². The van der Waals surface area contributed by atoms with Gasteiger partial charge in [0, 0.05) is 48.1 Å². The second-order valence-electron chi connectivity index (χ2n) is 8.32. The van der Waals surface area contributed by atoms with E-state index in [0.29, 0.717) is 39.8 Å². The number of fused-ring (bicyclic) bond motifs is 1. The van der Waals surface area contributed by atoms with Gasteiger partial charge in [-0.2, -0.15) is 0 Å². The minimum absolute atomic E-state index is 0.00254. The number of amides is 2. The molecule has 1 aromatic heterocycles. The van der Waals surface area contributed by atoms with E-state index in [-0.39, 0.29) is 29.8 Å². The zero-order valence-corrected chi connectivity index (χ0v) is 22.3. The Morgan fingerprint density at radius 1 is 0.975 bits per heavy atom. The van der Waals surface area contributed by atoms with Crippen LogP contribution in [0.1, 0.15) is 0 Å². The molecule has 5 rings (SSSR count). The van der Waals surface area contributed by atoms with Crippen LogP contribution in [-0.4, -0.2) is 39.3 Å². The highest BCUT2D eigenvalue weighted by molar-refractivity contribution is 7.91. The number of thiophene rings is 1. The van der Waals surface area contributed by atoms with Crippen molar-refractivity contribution in [3.8, 4) is 34.1 Å². The number of benzene rings is 3. The van der Waals surface area contributed by atoms with Crippen LogP contribution in [-0.2, 0) is 10.0 Å². The van der Waals surface area contributed by atoms with E-state index in [4.69, 9.17) is 14.2 Å². The minimum Gasteiger partial charge on any atom is -0.457 e. The number of carbonyl (C=O) groups excluding carboxylic acids is 1. The van der Waals surface area contributed by atoms with Gasteiger partial charge in [0.2, 0.25) is 6.79 Å². The Morgan fingerprint density at radius 2 is 1.75 bits per heavy atom. The molecule has 0 radical (unpaired) electrons. The number of urea groups is 1. The number of rotatable bonds is 10. The Morgan fingerprint density at radius 3 is 2.55 bits per heavy atom. The Labute approximate surface area is 232 Å². The first-order valence-corrected chi connectivity index (χ1v) is 14.2. The molecular weight excluding hydrogens is 560 g/mol. The van der Waals surface area contributed by atoms with Crippen molar-refractivity contribution in [2.45, 2.75) is 4.21 Å². The Bertz CT molecular complexity index is 1660. The molecule has 0 bridgehead atoms. The largest absolute Gasteiger partial charge is 0.457 e. The zero-order chi connectivity index (χ0) is 28.1. The lowest BCUT2D eigenvalue weighted by Gasteiger charge is -2.13. The summed E-state index contributed by atoms with van der Waals surface area (Å²) < 4.78 is 45.7. The SMILES string of the molecule is O=C(NCCNS(=O)(=O)c1sccc1-c1ccccc1Oc1ccc2c(c1)OCO2)Nc1ccc([N+](=O)[O-])cc1. The maximum atomic E-state index is 13.2. The van der Waals surface area contributed by atoms with E-state index in [1.165, 1.54) is 24.3 Å². The first-order chi connectivity index (χ1) is 19.3. The van der Waals surface area contributed by atoms with Gasteiger partial charge in [-0.3, -0.25) is 10.1 Å². The van der Waals surface area contributed by atoms with Crippen LogP contribution in [0, 0.1) is 10.1 Å². The second-order valence-corrected chi connectivity index (χ2v) is 11.2. The number of nitrogens with zero attached hydrogens (tertiary/aromatic N) is 1. The van der Waals surface area contributed by atoms with Gasteiger partial charge in [0.15, 0.2) is 11.5 Å². The van der Waals surface area contributed by atoms with Gasteiger partial charge in [-0.05, 0) is 41.8 Å². The van der Waals surface area contributed by atoms with Crippen molar-refractivity contribution in [3.63, 3.8) is 0 Å². The summed E-state index contributed by atoms with van der Waals surface area (Å²) in [7, 11) is -3.92. The lowest BCUT2D eigenvalue weighted by Crippen LogP contribution is -2.36. The van der Waals surface area contributed by atoms with E-state index in [2.05, 4.69) is 15.4 Å². The number of nitro benzene ring substituents is 1. The van der Waals surface area contributed by atoms with Crippen molar-refractivity contribution < 1.29 is 32.3 Å². The summed E-state index contributed by atoms with van der Waals surface area (Å²) in [6, 6.07) is 18.7. The van der Waals surface area contributed by atoms with E-state index >= 15 is 0 Å². The van der Waals surface area contributed by atoms with Gasteiger partial charge >= 0.3 is 6.03 Å². The number of non-ortho nitro benzene ring substituents is 1. The average Bonchev–Trinajstić information content (AvgIpc) is 3.62. The minimum atomic E-state index is -3.92. The van der Waals surface area contributed by atoms with Gasteiger partial charge < -0.3 is 24.8 Å². The quantitative estimate of drug-likeness (QED) is 0.135. The first-order valence-electron chi connectivity index (χ1n) is 11.8. The van der Waals surface area contributed by atoms with Gasteiger partial charge in [-0.25, -0.2) is 17.9 Å². The molecule has 4 aromatic rings. The summed E-state index contributed by atoms with van der Waals surface area (Å²) >= 11 is 1.06. The second kappa shape index (κ2) is 11.6. The molecular formula is C26H22N4O8S2. The predicted octanol–water partition coefficient (Wildman–Crippen LogP) is 4.94. The Balaban J connectivity index is 1.21. The molecule has 40 heavy (non-hydrogen) atoms. The average molecular weight is 583 g/mol. The number of nitrogens with one attached hydrogen (secondary N) is 3. The van der Waals surface area contributed by atoms with Gasteiger partial charge in [0.1, 0.15) is 15.7 Å². The van der Waals surface area contributed by atoms with Crippen LogP contribution in [0.2, 0.25) is 0 Å². The number of hydrogen-bond acceptors (Lipinski definition) is 9. The van der Waals surface area contributed by atoms with Crippen molar-refractivity contribution in [1.82, 2.24) is 10.0 Å². The molecule has 0 atom stereocenters. The van der Waals surface area contributed by atoms with Gasteiger partial charge in [-0.1, -0.05) is 18.2 Å². The molecule has 0 saturated carbocycles. The summed E-state index contributed by atoms with van der Waals surface area (Å²) in [6.07, 6.45) is 0. The maximum absolute atomic E-state index is 13.2. The van der Waals surface area contributed by atoms with Gasteiger partial charge in [0.25, 0.3) is 15.7 Å². The van der Waals surface area contributed by atoms with Crippen LogP contribution in [0.15, 0.2) is 82.4 Å². The lowest BCUT2D eigenvalue weighted by molar-refractivity contribution is -0.384. The summed E-state index contributed by atoms with van der Waals surface area (Å²) in [5.41, 5.74) is 1.31. The number of nitro groups is 1. The van der Waals surface area contributed by atoms with Gasteiger partial charge in [0.05, 0.1) is 4.92 Å². The highest BCUT2D eigenvalue weighted by atomic mass is 32.2. The molecule has 0 spiro atoms. The molecule has 1 aliphatic heterocycles. The van der Waals surface area contributed by atoms with Crippen LogP contribution in [0.3, 0.4) is 0 Å². The number of anilines is 1. The highest BCUT2D eigenvalue weighted by Gasteiger charge is 2.23. The predicted molar refractivity (Wildman–Crippen MR) is 148 cm³/mol. The fourth-order valence-corrected chi connectivity index (χ4v) is 6.27. The molecule has 2 heterocycles. The Hall–Kier alpha value is -4.66. The highest BCUT2D eigenvalue weighted by Crippen LogP contribution is 2.41. The van der Waals surface area contributed by atoms with Crippen molar-refractivity contribution in [3.05, 3.63) is 88.3 Å². The topological polar surface area (TPSA) is 158 Å². The van der Waals surface area contributed by atoms with Crippen LogP contribution in [0.5, 0.6) is 23.0 Å². The smallest absolute Gasteiger partial charge is 0.319 e. The molecule has 0 aliphatic carbocycles. The summed E-state index contributed by atoms with van der Waals surface area (Å²) in [5.74, 6) is 2.15. The summed E-state index contributed by atoms with van der Waals surface area (Å²) in [4.78, 5) is 22.3. The van der Waals surface area contributed by atoms with Gasteiger partial charge in [-0.15, -0.1) is 11.3 Å². The Kier molecular flexibility index (Phi) is 7.82. The molecule has 0 unspecified atom stereocenters. The molecule has 0 fully saturated rings. The van der Waals surface area contributed by atoms with Crippen LogP contribution >= 0.6 is 11.3 Å². The molecule has 2 amide bonds. The summed E-state index contributed by atoms with van der Waals surface area (Å²) in [5, 5.41) is 17.5. The van der Waals surface area contributed by atoms with Crippen molar-refractivity contribution in [1.29, 1.82) is 0 Å². The van der Waals surface area contributed by atoms with E-state index < -0.39 is 21.0 Å². The molecule has 14 heteroatoms. The fraction of sp³-hybridized carbons (Fsp3) is 0.115. The third kappa shape index (κ3) is 6.14. The third-order valence-corrected chi connectivity index (χ3v) is 8.61. The number of hydrogen-bond donors (Lipinski definition) is 3. The van der Waals surface area contributed by atoms with Crippen LogP contribution < -0.4 is 29.6 Å². The van der Waals surface area contributed by atoms with Crippen molar-refractivity contribution >= 4 is 38.8 Å². The maximum Gasteiger partial charge on any atom is 0.319 e. The van der Waals surface area contributed by atoms with Crippen LogP contribution in [0.4, 0.5) is 16.2 Å². The number of para-hydroxylation sites is 1. The van der Waals surface area contributed by atoms with E-state index in [0.717, 1.165) is 11.3 Å². The third-order valence-electron chi connectivity index (χ3n) is 5.66. The van der Waals surface area contributed by atoms with Crippen molar-refractivity contribution in [2.75, 3.05) is 25.2 Å². The first kappa shape index (κ1) is 26.9. The molecule has 206 valence electrons. The number of ether oxygens (including phenoxy) is 3. The molecule has 1 aliphatic rings. The molecule has 0 saturated heterocycles. The summed E-state index contributed by atoms with van der Waals surface area (Å²) in [6.45, 7) is 0.0732. The lowest BCUT2D eigenvalue weighted by atomic mass is 10.1. The molecule has 3 N–H and O–H groups in total. The fourth-order valence-electron chi connectivity index (χ4n) is 3.82. The zero-order valence-electron chi connectivity index (χ0n) is 20.7. The van der Waals surface area contributed by atoms with E-state index in [1.807, 2.05) is 0 Å². The molecule has 12 nitrogen and oxygen atoms in total. The van der Waals surface area contributed by atoms with Crippen LogP contribution in [0.25, 0.3) is 11.1 Å². The normalized spacial score (nSPS) is 12.1. The number of sulfonamides is 1. The number of carbonyl (C=O) groups is 1. The van der Waals surface area contributed by atoms with E-state index in [9.17, 15) is 23.3 Å². The monoisotopic (exact) mass is 582 g/mol. The standard InChI is InChI=1S/C26H22N4O8S2/c31-26(29-17-5-7-18(8-6-17)30(32)33)27-12-13-28-40(34,35)25-21(11-14-39-25)20-3-1-2-4-22(20)38-19-9-10-23-24(15-19)37-16-36-23/h1-11,14-15,28H,12-13,16H2,(H2,27,29,31). The molecule has 3 aromatic carbocycles.